The summed E-state index contributed by atoms with van der Waals surface area (Å²) in [6.07, 6.45) is 1.60. The summed E-state index contributed by atoms with van der Waals surface area (Å²) in [6.45, 7) is 0.215. The Morgan fingerprint density at radius 2 is 2.11 bits per heavy atom. The van der Waals surface area contributed by atoms with Crippen molar-refractivity contribution in [3.63, 3.8) is 0 Å². The molecule has 0 aliphatic carbocycles. The van der Waals surface area contributed by atoms with Gasteiger partial charge in [-0.1, -0.05) is 18.2 Å². The molecular weight excluding hydrogens is 358 g/mol. The van der Waals surface area contributed by atoms with Gasteiger partial charge in [0.05, 0.1) is 25.3 Å². The van der Waals surface area contributed by atoms with Gasteiger partial charge in [0.15, 0.2) is 0 Å². The van der Waals surface area contributed by atoms with Crippen LogP contribution < -0.4 is 15.4 Å². The van der Waals surface area contributed by atoms with E-state index in [4.69, 9.17) is 9.15 Å². The van der Waals surface area contributed by atoms with Crippen molar-refractivity contribution in [1.82, 2.24) is 10.3 Å². The average Bonchev–Trinajstić information content (AvgIpc) is 3.21. The Bertz CT molecular complexity index is 1010. The minimum Gasteiger partial charge on any atom is -0.497 e. The number of anilines is 1. The van der Waals surface area contributed by atoms with Crippen LogP contribution in [-0.4, -0.2) is 23.9 Å². The molecule has 2 heterocycles. The van der Waals surface area contributed by atoms with Crippen molar-refractivity contribution in [1.29, 1.82) is 0 Å². The molecule has 1 aliphatic heterocycles. The topological polar surface area (TPSA) is 93.5 Å². The summed E-state index contributed by atoms with van der Waals surface area (Å²) in [5, 5.41) is 5.64. The number of hydrogen-bond donors (Lipinski definition) is 2. The van der Waals surface area contributed by atoms with Crippen LogP contribution in [0.2, 0.25) is 0 Å². The first-order chi connectivity index (χ1) is 13.6. The summed E-state index contributed by atoms with van der Waals surface area (Å²) in [7, 11) is 1.56. The van der Waals surface area contributed by atoms with E-state index >= 15 is 0 Å². The molecule has 0 bridgehead atoms. The van der Waals surface area contributed by atoms with E-state index in [0.717, 1.165) is 11.1 Å². The van der Waals surface area contributed by atoms with Gasteiger partial charge in [-0.2, -0.15) is 0 Å². The number of carbonyl (C=O) groups is 2. The van der Waals surface area contributed by atoms with Gasteiger partial charge in [-0.05, 0) is 35.9 Å². The Hall–Kier alpha value is -3.61. The maximum atomic E-state index is 12.8. The predicted molar refractivity (Wildman–Crippen MR) is 103 cm³/mol. The lowest BCUT2D eigenvalue weighted by Crippen LogP contribution is -2.34. The van der Waals surface area contributed by atoms with E-state index < -0.39 is 5.92 Å². The first kappa shape index (κ1) is 17.8. The Kier molecular flexibility index (Phi) is 4.80. The molecule has 0 saturated carbocycles. The number of fused-ring (bicyclic) bond motifs is 1. The van der Waals surface area contributed by atoms with E-state index in [1.165, 1.54) is 6.26 Å². The van der Waals surface area contributed by atoms with Crippen molar-refractivity contribution in [2.24, 2.45) is 0 Å². The molecule has 0 radical (unpaired) electrons. The molecule has 1 aliphatic rings. The van der Waals surface area contributed by atoms with E-state index in [-0.39, 0.29) is 24.8 Å². The lowest BCUT2D eigenvalue weighted by Gasteiger charge is -2.25. The molecule has 142 valence electrons. The lowest BCUT2D eigenvalue weighted by atomic mass is 9.89. The molecular formula is C21H19N3O4. The number of nitrogens with one attached hydrogen (secondary N) is 2. The summed E-state index contributed by atoms with van der Waals surface area (Å²) in [6, 6.07) is 14.8. The van der Waals surface area contributed by atoms with Crippen molar-refractivity contribution in [3.05, 3.63) is 66.1 Å². The van der Waals surface area contributed by atoms with Gasteiger partial charge < -0.3 is 19.8 Å². The van der Waals surface area contributed by atoms with Crippen molar-refractivity contribution in [2.75, 3.05) is 12.4 Å². The highest BCUT2D eigenvalue weighted by molar-refractivity contribution is 6.01. The molecule has 2 amide bonds. The van der Waals surface area contributed by atoms with Crippen LogP contribution in [0, 0.1) is 0 Å². The molecule has 2 N–H and O–H groups in total. The van der Waals surface area contributed by atoms with E-state index in [2.05, 4.69) is 15.6 Å². The molecule has 0 fully saturated rings. The van der Waals surface area contributed by atoms with Crippen LogP contribution in [0.5, 0.6) is 5.75 Å². The maximum absolute atomic E-state index is 12.8. The Balaban J connectivity index is 1.47. The quantitative estimate of drug-likeness (QED) is 0.713. The molecule has 7 nitrogen and oxygen atoms in total. The predicted octanol–water partition coefficient (Wildman–Crippen LogP) is 3.09. The van der Waals surface area contributed by atoms with Gasteiger partial charge in [0.25, 0.3) is 0 Å². The number of ether oxygens (including phenoxy) is 1. The number of rotatable bonds is 5. The summed E-state index contributed by atoms with van der Waals surface area (Å²) >= 11 is 0. The van der Waals surface area contributed by atoms with Gasteiger partial charge >= 0.3 is 0 Å². The average molecular weight is 377 g/mol. The number of methoxy groups -OCH3 is 1. The minimum absolute atomic E-state index is 0.0834. The Labute approximate surface area is 161 Å². The van der Waals surface area contributed by atoms with E-state index in [1.807, 2.05) is 30.3 Å². The van der Waals surface area contributed by atoms with Crippen molar-refractivity contribution >= 4 is 17.5 Å². The number of oxazole rings is 1. The molecule has 7 heteroatoms. The fraction of sp³-hybridized carbons (Fsp3) is 0.190. The highest BCUT2D eigenvalue weighted by atomic mass is 16.5. The maximum Gasteiger partial charge on any atom is 0.228 e. The van der Waals surface area contributed by atoms with Gasteiger partial charge in [0.2, 0.25) is 17.7 Å². The van der Waals surface area contributed by atoms with Crippen molar-refractivity contribution in [3.8, 4) is 17.2 Å². The van der Waals surface area contributed by atoms with Crippen LogP contribution in [-0.2, 0) is 16.1 Å². The van der Waals surface area contributed by atoms with E-state index in [0.29, 0.717) is 23.0 Å². The summed E-state index contributed by atoms with van der Waals surface area (Å²) in [5.74, 6) is 0.118. The van der Waals surface area contributed by atoms with Gasteiger partial charge in [-0.15, -0.1) is 0 Å². The van der Waals surface area contributed by atoms with Crippen LogP contribution in [0.1, 0.15) is 23.6 Å². The molecule has 0 spiro atoms. The fourth-order valence-electron chi connectivity index (χ4n) is 3.20. The zero-order valence-electron chi connectivity index (χ0n) is 15.3. The molecule has 1 aromatic heterocycles. The van der Waals surface area contributed by atoms with Gasteiger partial charge in [0.1, 0.15) is 12.0 Å². The highest BCUT2D eigenvalue weighted by Crippen LogP contribution is 2.35. The third kappa shape index (κ3) is 3.59. The minimum atomic E-state index is -0.584. The summed E-state index contributed by atoms with van der Waals surface area (Å²) < 4.78 is 10.7. The molecule has 1 atom stereocenters. The van der Waals surface area contributed by atoms with Crippen LogP contribution in [0.4, 0.5) is 5.69 Å². The smallest absolute Gasteiger partial charge is 0.228 e. The number of nitrogens with zero attached hydrogens (tertiary/aromatic N) is 1. The first-order valence-electron chi connectivity index (χ1n) is 8.89. The second-order valence-electron chi connectivity index (χ2n) is 6.49. The number of hydrogen-bond acceptors (Lipinski definition) is 5. The van der Waals surface area contributed by atoms with Crippen LogP contribution >= 0.6 is 0 Å². The van der Waals surface area contributed by atoms with Gasteiger partial charge in [0, 0.05) is 17.7 Å². The molecule has 0 saturated heterocycles. The standard InChI is InChI=1S/C21H19N3O4/c1-27-15-7-8-18-16(9-15)17(10-19(25)24-18)20(26)22-11-14-12-28-21(23-14)13-5-3-2-4-6-13/h2-9,12,17H,10-11H2,1H3,(H,22,26)(H,24,25). The first-order valence-corrected chi connectivity index (χ1v) is 8.89. The summed E-state index contributed by atoms with van der Waals surface area (Å²) in [5.41, 5.74) is 2.84. The second-order valence-corrected chi connectivity index (χ2v) is 6.49. The van der Waals surface area contributed by atoms with Crippen molar-refractivity contribution < 1.29 is 18.7 Å². The Morgan fingerprint density at radius 1 is 1.29 bits per heavy atom. The zero-order valence-corrected chi connectivity index (χ0v) is 15.3. The molecule has 1 unspecified atom stereocenters. The Morgan fingerprint density at radius 3 is 2.89 bits per heavy atom. The van der Waals surface area contributed by atoms with Gasteiger partial charge in [-0.3, -0.25) is 9.59 Å². The normalized spacial score (nSPS) is 15.5. The molecule has 28 heavy (non-hydrogen) atoms. The fourth-order valence-corrected chi connectivity index (χ4v) is 3.20. The van der Waals surface area contributed by atoms with Crippen LogP contribution in [0.3, 0.4) is 0 Å². The monoisotopic (exact) mass is 377 g/mol. The van der Waals surface area contributed by atoms with Crippen LogP contribution in [0.15, 0.2) is 59.2 Å². The molecule has 4 rings (SSSR count). The molecule has 3 aromatic rings. The number of amides is 2. The SMILES string of the molecule is COc1ccc2c(c1)C(C(=O)NCc1coc(-c3ccccc3)n1)CC(=O)N2. The second kappa shape index (κ2) is 7.56. The lowest BCUT2D eigenvalue weighted by molar-refractivity contribution is -0.126. The largest absolute Gasteiger partial charge is 0.497 e. The third-order valence-electron chi connectivity index (χ3n) is 4.63. The number of benzene rings is 2. The van der Waals surface area contributed by atoms with E-state index in [1.54, 1.807) is 25.3 Å². The number of aromatic nitrogens is 1. The van der Waals surface area contributed by atoms with Gasteiger partial charge in [-0.25, -0.2) is 4.98 Å². The third-order valence-corrected chi connectivity index (χ3v) is 4.63. The van der Waals surface area contributed by atoms with Crippen molar-refractivity contribution in [2.45, 2.75) is 18.9 Å². The zero-order chi connectivity index (χ0) is 19.5. The molecule has 2 aromatic carbocycles. The highest BCUT2D eigenvalue weighted by Gasteiger charge is 2.31. The number of carbonyl (C=O) groups excluding carboxylic acids is 2. The van der Waals surface area contributed by atoms with E-state index in [9.17, 15) is 9.59 Å². The summed E-state index contributed by atoms with van der Waals surface area (Å²) in [4.78, 5) is 29.1. The van der Waals surface area contributed by atoms with Crippen LogP contribution in [0.25, 0.3) is 11.5 Å².